The quantitative estimate of drug-likeness (QED) is 0.679. The Kier molecular flexibility index (Phi) is 5.73. The second-order valence-corrected chi connectivity index (χ2v) is 6.99. The van der Waals surface area contributed by atoms with Gasteiger partial charge in [-0.25, -0.2) is 9.97 Å². The van der Waals surface area contributed by atoms with Crippen molar-refractivity contribution in [3.63, 3.8) is 0 Å². The van der Waals surface area contributed by atoms with Crippen molar-refractivity contribution in [1.82, 2.24) is 14.9 Å². The Hall–Kier alpha value is -3.05. The maximum absolute atomic E-state index is 12.8. The van der Waals surface area contributed by atoms with Gasteiger partial charge in [0.2, 0.25) is 0 Å². The summed E-state index contributed by atoms with van der Waals surface area (Å²) in [5, 5.41) is 0. The number of ether oxygens (including phenoxy) is 1. The number of nitrogens with zero attached hydrogens (tertiary/aromatic N) is 3. The molecule has 0 saturated carbocycles. The molecule has 142 valence electrons. The summed E-state index contributed by atoms with van der Waals surface area (Å²) >= 11 is 0. The third kappa shape index (κ3) is 4.43. The Bertz CT molecular complexity index is 890. The zero-order chi connectivity index (χ0) is 19.2. The zero-order valence-corrected chi connectivity index (χ0v) is 15.7. The minimum atomic E-state index is 0.0809. The van der Waals surface area contributed by atoms with Gasteiger partial charge in [0, 0.05) is 36.6 Å². The Balaban J connectivity index is 1.30. The Labute approximate surface area is 165 Å². The molecule has 0 bridgehead atoms. The monoisotopic (exact) mass is 373 g/mol. The predicted octanol–water partition coefficient (Wildman–Crippen LogP) is 3.97. The highest BCUT2D eigenvalue weighted by Gasteiger charge is 2.24. The number of likely N-dealkylation sites (tertiary alicyclic amines) is 1. The first-order valence-corrected chi connectivity index (χ1v) is 9.60. The van der Waals surface area contributed by atoms with E-state index < -0.39 is 0 Å². The van der Waals surface area contributed by atoms with Crippen LogP contribution < -0.4 is 0 Å². The summed E-state index contributed by atoms with van der Waals surface area (Å²) in [5.41, 5.74) is 3.84. The maximum Gasteiger partial charge on any atom is 0.253 e. The van der Waals surface area contributed by atoms with Crippen molar-refractivity contribution < 1.29 is 9.53 Å². The van der Waals surface area contributed by atoms with Crippen LogP contribution in [-0.2, 0) is 11.3 Å². The lowest BCUT2D eigenvalue weighted by Crippen LogP contribution is -2.40. The van der Waals surface area contributed by atoms with E-state index in [0.717, 1.165) is 37.1 Å². The molecule has 1 aliphatic rings. The number of hydrogen-bond donors (Lipinski definition) is 0. The van der Waals surface area contributed by atoms with Crippen molar-refractivity contribution in [1.29, 1.82) is 0 Å². The van der Waals surface area contributed by atoms with E-state index in [1.54, 1.807) is 12.4 Å². The molecular formula is C23H23N3O2. The van der Waals surface area contributed by atoms with Crippen LogP contribution >= 0.6 is 0 Å². The first-order valence-electron chi connectivity index (χ1n) is 9.60. The summed E-state index contributed by atoms with van der Waals surface area (Å²) in [6.07, 6.45) is 7.00. The van der Waals surface area contributed by atoms with Gasteiger partial charge < -0.3 is 9.64 Å². The smallest absolute Gasteiger partial charge is 0.253 e. The van der Waals surface area contributed by atoms with E-state index in [9.17, 15) is 4.79 Å². The van der Waals surface area contributed by atoms with Crippen molar-refractivity contribution in [3.8, 4) is 11.1 Å². The van der Waals surface area contributed by atoms with Crippen LogP contribution in [0.3, 0.4) is 0 Å². The van der Waals surface area contributed by atoms with Gasteiger partial charge in [0.1, 0.15) is 6.33 Å². The molecule has 5 nitrogen and oxygen atoms in total. The van der Waals surface area contributed by atoms with Gasteiger partial charge in [-0.2, -0.15) is 0 Å². The van der Waals surface area contributed by atoms with Crippen molar-refractivity contribution in [2.75, 3.05) is 13.1 Å². The topological polar surface area (TPSA) is 55.3 Å². The summed E-state index contributed by atoms with van der Waals surface area (Å²) < 4.78 is 6.02. The highest BCUT2D eigenvalue weighted by atomic mass is 16.5. The van der Waals surface area contributed by atoms with Gasteiger partial charge in [0.25, 0.3) is 5.91 Å². The van der Waals surface area contributed by atoms with Crippen LogP contribution in [0.25, 0.3) is 11.1 Å². The van der Waals surface area contributed by atoms with Crippen LogP contribution in [-0.4, -0.2) is 40.0 Å². The molecule has 2 aromatic carbocycles. The number of rotatable bonds is 5. The molecule has 1 aromatic heterocycles. The van der Waals surface area contributed by atoms with E-state index >= 15 is 0 Å². The fraction of sp³-hybridized carbons (Fsp3) is 0.261. The highest BCUT2D eigenvalue weighted by molar-refractivity contribution is 5.94. The molecule has 0 N–H and O–H groups in total. The molecule has 0 aliphatic carbocycles. The molecule has 5 heteroatoms. The number of carbonyl (C=O) groups excluding carboxylic acids is 1. The lowest BCUT2D eigenvalue weighted by molar-refractivity contribution is -0.000378. The molecule has 0 radical (unpaired) electrons. The summed E-state index contributed by atoms with van der Waals surface area (Å²) in [7, 11) is 0. The van der Waals surface area contributed by atoms with E-state index in [-0.39, 0.29) is 12.0 Å². The molecule has 1 fully saturated rings. The summed E-state index contributed by atoms with van der Waals surface area (Å²) in [6, 6.07) is 17.8. The second kappa shape index (κ2) is 8.76. The van der Waals surface area contributed by atoms with Gasteiger partial charge in [-0.05, 0) is 36.1 Å². The molecular weight excluding hydrogens is 350 g/mol. The van der Waals surface area contributed by atoms with Crippen molar-refractivity contribution >= 4 is 5.91 Å². The molecule has 1 saturated heterocycles. The molecule has 0 spiro atoms. The fourth-order valence-corrected chi connectivity index (χ4v) is 3.45. The largest absolute Gasteiger partial charge is 0.373 e. The first kappa shape index (κ1) is 18.3. The molecule has 1 amide bonds. The van der Waals surface area contributed by atoms with Gasteiger partial charge in [-0.15, -0.1) is 0 Å². The zero-order valence-electron chi connectivity index (χ0n) is 15.7. The van der Waals surface area contributed by atoms with Crippen LogP contribution in [0.4, 0.5) is 0 Å². The van der Waals surface area contributed by atoms with Crippen molar-refractivity contribution in [3.05, 3.63) is 84.4 Å². The SMILES string of the molecule is O=C(c1ccc(-c2cncnc2)cc1)N1CCC(OCc2ccccc2)CC1. The van der Waals surface area contributed by atoms with Crippen LogP contribution in [0.2, 0.25) is 0 Å². The Morgan fingerprint density at radius 1 is 0.929 bits per heavy atom. The van der Waals surface area contributed by atoms with Gasteiger partial charge >= 0.3 is 0 Å². The number of aromatic nitrogens is 2. The number of piperidine rings is 1. The van der Waals surface area contributed by atoms with Crippen LogP contribution in [0, 0.1) is 0 Å². The summed E-state index contributed by atoms with van der Waals surface area (Å²) in [6.45, 7) is 2.09. The van der Waals surface area contributed by atoms with E-state index in [2.05, 4.69) is 22.1 Å². The molecule has 2 heterocycles. The minimum Gasteiger partial charge on any atom is -0.373 e. The first-order chi connectivity index (χ1) is 13.8. The van der Waals surface area contributed by atoms with E-state index in [0.29, 0.717) is 12.2 Å². The van der Waals surface area contributed by atoms with Crippen molar-refractivity contribution in [2.45, 2.75) is 25.6 Å². The van der Waals surface area contributed by atoms with E-state index in [4.69, 9.17) is 4.74 Å². The Morgan fingerprint density at radius 2 is 1.61 bits per heavy atom. The van der Waals surface area contributed by atoms with Crippen LogP contribution in [0.1, 0.15) is 28.8 Å². The molecule has 0 unspecified atom stereocenters. The van der Waals surface area contributed by atoms with E-state index in [1.165, 1.54) is 11.9 Å². The maximum atomic E-state index is 12.8. The third-order valence-electron chi connectivity index (χ3n) is 5.08. The molecule has 1 aliphatic heterocycles. The highest BCUT2D eigenvalue weighted by Crippen LogP contribution is 2.21. The lowest BCUT2D eigenvalue weighted by atomic mass is 10.0. The molecule has 0 atom stereocenters. The fourth-order valence-electron chi connectivity index (χ4n) is 3.45. The van der Waals surface area contributed by atoms with Crippen LogP contribution in [0.5, 0.6) is 0 Å². The molecule has 28 heavy (non-hydrogen) atoms. The van der Waals surface area contributed by atoms with Gasteiger partial charge in [-0.1, -0.05) is 42.5 Å². The van der Waals surface area contributed by atoms with Gasteiger partial charge in [0.15, 0.2) is 0 Å². The average Bonchev–Trinajstić information content (AvgIpc) is 2.79. The second-order valence-electron chi connectivity index (χ2n) is 6.99. The minimum absolute atomic E-state index is 0.0809. The number of benzene rings is 2. The Morgan fingerprint density at radius 3 is 2.29 bits per heavy atom. The number of carbonyl (C=O) groups is 1. The average molecular weight is 373 g/mol. The van der Waals surface area contributed by atoms with E-state index in [1.807, 2.05) is 47.4 Å². The molecule has 3 aromatic rings. The number of amides is 1. The third-order valence-corrected chi connectivity index (χ3v) is 5.08. The standard InChI is InChI=1S/C23H23N3O2/c27-23(20-8-6-19(7-9-20)21-14-24-17-25-15-21)26-12-10-22(11-13-26)28-16-18-4-2-1-3-5-18/h1-9,14-15,17,22H,10-13,16H2. The van der Waals surface area contributed by atoms with Crippen LogP contribution in [0.15, 0.2) is 73.3 Å². The van der Waals surface area contributed by atoms with Crippen molar-refractivity contribution in [2.24, 2.45) is 0 Å². The number of hydrogen-bond acceptors (Lipinski definition) is 4. The normalized spacial score (nSPS) is 14.8. The summed E-state index contributed by atoms with van der Waals surface area (Å²) in [4.78, 5) is 22.8. The lowest BCUT2D eigenvalue weighted by Gasteiger charge is -2.32. The van der Waals surface area contributed by atoms with Gasteiger partial charge in [0.05, 0.1) is 12.7 Å². The summed E-state index contributed by atoms with van der Waals surface area (Å²) in [5.74, 6) is 0.0809. The predicted molar refractivity (Wildman–Crippen MR) is 108 cm³/mol. The molecule has 4 rings (SSSR count). The van der Waals surface area contributed by atoms with Gasteiger partial charge in [-0.3, -0.25) is 4.79 Å².